The van der Waals surface area contributed by atoms with E-state index in [9.17, 15) is 20.0 Å². The minimum absolute atomic E-state index is 0.0551. The van der Waals surface area contributed by atoms with Gasteiger partial charge in [0, 0.05) is 19.2 Å². The number of nitro groups is 1. The van der Waals surface area contributed by atoms with Gasteiger partial charge in [0.15, 0.2) is 0 Å². The van der Waals surface area contributed by atoms with E-state index in [1.54, 1.807) is 0 Å². The lowest BCUT2D eigenvalue weighted by Crippen LogP contribution is -2.48. The Kier molecular flexibility index (Phi) is 3.89. The van der Waals surface area contributed by atoms with Crippen molar-refractivity contribution in [2.24, 2.45) is 0 Å². The van der Waals surface area contributed by atoms with Gasteiger partial charge in [0.25, 0.3) is 5.91 Å². The highest BCUT2D eigenvalue weighted by atomic mass is 16.6. The average Bonchev–Trinajstić information content (AvgIpc) is 2.36. The van der Waals surface area contributed by atoms with Gasteiger partial charge in [0.2, 0.25) is 5.75 Å². The topological polar surface area (TPSA) is 92.9 Å². The van der Waals surface area contributed by atoms with Crippen LogP contribution in [0, 0.1) is 10.1 Å². The number of nitrogens with zero attached hydrogens (tertiary/aromatic N) is 2. The van der Waals surface area contributed by atoms with Crippen LogP contribution in [0.4, 0.5) is 5.69 Å². The first-order valence-corrected chi connectivity index (χ1v) is 6.31. The Balaban J connectivity index is 2.29. The maximum Gasteiger partial charge on any atom is 0.311 e. The van der Waals surface area contributed by atoms with Crippen molar-refractivity contribution >= 4 is 11.6 Å². The number of ether oxygens (including phenoxy) is 1. The van der Waals surface area contributed by atoms with Gasteiger partial charge in [-0.15, -0.1) is 0 Å². The molecule has 1 saturated heterocycles. The molecule has 0 aliphatic carbocycles. The zero-order valence-electron chi connectivity index (χ0n) is 11.3. The Bertz CT molecular complexity index is 536. The summed E-state index contributed by atoms with van der Waals surface area (Å²) in [5.74, 6) is -1.01. The molecule has 7 heteroatoms. The van der Waals surface area contributed by atoms with Crippen LogP contribution in [0.3, 0.4) is 0 Å². The van der Waals surface area contributed by atoms with Gasteiger partial charge in [0.1, 0.15) is 0 Å². The summed E-state index contributed by atoms with van der Waals surface area (Å²) >= 11 is 0. The number of aromatic hydroxyl groups is 1. The maximum absolute atomic E-state index is 12.4. The number of amides is 1. The Labute approximate surface area is 115 Å². The molecule has 1 heterocycles. The number of para-hydroxylation sites is 1. The molecular weight excluding hydrogens is 264 g/mol. The van der Waals surface area contributed by atoms with Crippen LogP contribution in [0.2, 0.25) is 0 Å². The molecule has 2 atom stereocenters. The highest BCUT2D eigenvalue weighted by Crippen LogP contribution is 2.30. The molecule has 0 unspecified atom stereocenters. The minimum atomic E-state index is -0.712. The Morgan fingerprint density at radius 3 is 2.55 bits per heavy atom. The largest absolute Gasteiger partial charge is 0.502 e. The summed E-state index contributed by atoms with van der Waals surface area (Å²) in [6.45, 7) is 4.49. The fourth-order valence-electron chi connectivity index (χ4n) is 2.37. The smallest absolute Gasteiger partial charge is 0.311 e. The number of morpholine rings is 1. The van der Waals surface area contributed by atoms with Crippen LogP contribution < -0.4 is 0 Å². The SMILES string of the molecule is C[C@@H]1CN(C(=O)c2cccc([N+](=O)[O-])c2O)C[C@@H](C)O1. The van der Waals surface area contributed by atoms with Crippen LogP contribution in [0.25, 0.3) is 0 Å². The monoisotopic (exact) mass is 280 g/mol. The summed E-state index contributed by atoms with van der Waals surface area (Å²) in [5.41, 5.74) is -0.522. The summed E-state index contributed by atoms with van der Waals surface area (Å²) in [6.07, 6.45) is -0.216. The first kappa shape index (κ1) is 14.3. The number of rotatable bonds is 2. The first-order valence-electron chi connectivity index (χ1n) is 6.31. The Morgan fingerprint density at radius 1 is 1.40 bits per heavy atom. The number of phenolic OH excluding ortho intramolecular Hbond substituents is 1. The molecule has 1 fully saturated rings. The number of benzene rings is 1. The van der Waals surface area contributed by atoms with Gasteiger partial charge in [-0.1, -0.05) is 6.07 Å². The zero-order chi connectivity index (χ0) is 14.9. The van der Waals surface area contributed by atoms with E-state index in [4.69, 9.17) is 4.74 Å². The fourth-order valence-corrected chi connectivity index (χ4v) is 2.37. The van der Waals surface area contributed by atoms with Crippen molar-refractivity contribution in [1.82, 2.24) is 4.90 Å². The van der Waals surface area contributed by atoms with Crippen molar-refractivity contribution in [2.75, 3.05) is 13.1 Å². The molecule has 20 heavy (non-hydrogen) atoms. The summed E-state index contributed by atoms with van der Waals surface area (Å²) < 4.78 is 5.53. The lowest BCUT2D eigenvalue weighted by molar-refractivity contribution is -0.385. The number of hydrogen-bond acceptors (Lipinski definition) is 5. The molecule has 1 aliphatic heterocycles. The predicted molar refractivity (Wildman–Crippen MR) is 70.7 cm³/mol. The van der Waals surface area contributed by atoms with Crippen LogP contribution >= 0.6 is 0 Å². The van der Waals surface area contributed by atoms with Gasteiger partial charge in [-0.2, -0.15) is 0 Å². The van der Waals surface area contributed by atoms with E-state index in [1.165, 1.54) is 17.0 Å². The van der Waals surface area contributed by atoms with E-state index in [0.717, 1.165) is 6.07 Å². The number of carbonyl (C=O) groups is 1. The zero-order valence-corrected chi connectivity index (χ0v) is 11.3. The summed E-state index contributed by atoms with van der Waals surface area (Å²) in [5, 5.41) is 20.6. The summed E-state index contributed by atoms with van der Waals surface area (Å²) in [4.78, 5) is 24.0. The second kappa shape index (κ2) is 5.46. The molecule has 1 amide bonds. The summed E-state index contributed by atoms with van der Waals surface area (Å²) in [6, 6.07) is 3.94. The standard InChI is InChI=1S/C13H16N2O5/c1-8-6-14(7-9(2)20-8)13(17)10-4-3-5-11(12(10)16)15(18)19/h3-5,8-9,16H,6-7H2,1-2H3/t8-,9-/m1/s1. The van der Waals surface area contributed by atoms with Crippen LogP contribution in [-0.4, -0.2) is 46.1 Å². The number of hydrogen-bond donors (Lipinski definition) is 1. The Morgan fingerprint density at radius 2 is 2.00 bits per heavy atom. The van der Waals surface area contributed by atoms with Crippen molar-refractivity contribution in [2.45, 2.75) is 26.1 Å². The van der Waals surface area contributed by atoms with Crippen LogP contribution in [0.5, 0.6) is 5.75 Å². The molecule has 0 bridgehead atoms. The molecule has 1 N–H and O–H groups in total. The number of nitro benzene ring substituents is 1. The quantitative estimate of drug-likeness (QED) is 0.655. The minimum Gasteiger partial charge on any atom is -0.502 e. The van der Waals surface area contributed by atoms with E-state index < -0.39 is 22.3 Å². The van der Waals surface area contributed by atoms with E-state index >= 15 is 0 Å². The third-order valence-corrected chi connectivity index (χ3v) is 3.15. The third-order valence-electron chi connectivity index (χ3n) is 3.15. The molecule has 1 aromatic rings. The molecule has 7 nitrogen and oxygen atoms in total. The molecule has 0 aromatic heterocycles. The van der Waals surface area contributed by atoms with Gasteiger partial charge in [-0.3, -0.25) is 14.9 Å². The van der Waals surface area contributed by atoms with E-state index in [2.05, 4.69) is 0 Å². The van der Waals surface area contributed by atoms with Crippen molar-refractivity contribution in [3.8, 4) is 5.75 Å². The Hall–Kier alpha value is -2.15. The van der Waals surface area contributed by atoms with Crippen molar-refractivity contribution < 1.29 is 19.6 Å². The van der Waals surface area contributed by atoms with Gasteiger partial charge in [-0.25, -0.2) is 0 Å². The number of phenols is 1. The van der Waals surface area contributed by atoms with Crippen molar-refractivity contribution in [3.63, 3.8) is 0 Å². The van der Waals surface area contributed by atoms with Crippen molar-refractivity contribution in [1.29, 1.82) is 0 Å². The van der Waals surface area contributed by atoms with Gasteiger partial charge < -0.3 is 14.7 Å². The van der Waals surface area contributed by atoms with E-state index in [-0.39, 0.29) is 17.8 Å². The van der Waals surface area contributed by atoms with Crippen LogP contribution in [-0.2, 0) is 4.74 Å². The second-order valence-electron chi connectivity index (χ2n) is 4.90. The molecule has 0 spiro atoms. The molecule has 108 valence electrons. The second-order valence-corrected chi connectivity index (χ2v) is 4.90. The number of carbonyl (C=O) groups excluding carboxylic acids is 1. The molecular formula is C13H16N2O5. The van der Waals surface area contributed by atoms with E-state index in [0.29, 0.717) is 13.1 Å². The normalized spacial score (nSPS) is 22.6. The highest BCUT2D eigenvalue weighted by Gasteiger charge is 2.29. The van der Waals surface area contributed by atoms with Gasteiger partial charge in [0.05, 0.1) is 22.7 Å². The maximum atomic E-state index is 12.4. The molecule has 0 saturated carbocycles. The van der Waals surface area contributed by atoms with E-state index in [1.807, 2.05) is 13.8 Å². The van der Waals surface area contributed by atoms with Crippen LogP contribution in [0.15, 0.2) is 18.2 Å². The molecule has 1 aliphatic rings. The highest BCUT2D eigenvalue weighted by molar-refractivity contribution is 5.98. The van der Waals surface area contributed by atoms with Crippen molar-refractivity contribution in [3.05, 3.63) is 33.9 Å². The fraction of sp³-hybridized carbons (Fsp3) is 0.462. The molecule has 2 rings (SSSR count). The third kappa shape index (κ3) is 2.72. The first-order chi connectivity index (χ1) is 9.40. The average molecular weight is 280 g/mol. The lowest BCUT2D eigenvalue weighted by atomic mass is 10.1. The summed E-state index contributed by atoms with van der Waals surface area (Å²) in [7, 11) is 0. The molecule has 0 radical (unpaired) electrons. The molecule has 1 aromatic carbocycles. The lowest BCUT2D eigenvalue weighted by Gasteiger charge is -2.35. The van der Waals surface area contributed by atoms with Gasteiger partial charge >= 0.3 is 5.69 Å². The van der Waals surface area contributed by atoms with Gasteiger partial charge in [-0.05, 0) is 19.9 Å². The predicted octanol–water partition coefficient (Wildman–Crippen LogP) is 1.55. The van der Waals surface area contributed by atoms with Crippen LogP contribution in [0.1, 0.15) is 24.2 Å².